The van der Waals surface area contributed by atoms with Gasteiger partial charge in [-0.2, -0.15) is 0 Å². The van der Waals surface area contributed by atoms with E-state index in [4.69, 9.17) is 4.74 Å². The smallest absolute Gasteiger partial charge is 0.219 e. The molecule has 0 spiro atoms. The number of fused-ring (bicyclic) bond motifs is 1. The molecule has 0 bridgehead atoms. The van der Waals surface area contributed by atoms with Gasteiger partial charge in [-0.05, 0) is 36.8 Å². The monoisotopic (exact) mass is 266 g/mol. The molecule has 1 N–H and O–H groups in total. The summed E-state index contributed by atoms with van der Waals surface area (Å²) in [7, 11) is 0. The van der Waals surface area contributed by atoms with E-state index in [1.54, 1.807) is 31.5 Å². The average molecular weight is 266 g/mol. The Morgan fingerprint density at radius 3 is 2.75 bits per heavy atom. The highest BCUT2D eigenvalue weighted by Gasteiger charge is 2.04. The molecule has 100 valence electrons. The topological polar surface area (TPSA) is 55.2 Å². The van der Waals surface area contributed by atoms with Crippen molar-refractivity contribution in [3.8, 4) is 11.6 Å². The SMILES string of the molecule is C[C@H](O)c1ccc(Oc2ccc3cccnc3c2)nc1. The Kier molecular flexibility index (Phi) is 3.31. The predicted octanol–water partition coefficient (Wildman–Crippen LogP) is 3.48. The number of rotatable bonds is 3. The summed E-state index contributed by atoms with van der Waals surface area (Å²) in [6, 6.07) is 13.2. The molecule has 0 aliphatic rings. The van der Waals surface area contributed by atoms with Gasteiger partial charge in [0.05, 0.1) is 11.6 Å². The first-order valence-electron chi connectivity index (χ1n) is 6.39. The lowest BCUT2D eigenvalue weighted by molar-refractivity contribution is 0.198. The van der Waals surface area contributed by atoms with Crippen LogP contribution in [0.1, 0.15) is 18.6 Å². The first kappa shape index (κ1) is 12.6. The molecule has 0 saturated heterocycles. The van der Waals surface area contributed by atoms with Crippen molar-refractivity contribution in [1.29, 1.82) is 0 Å². The normalized spacial score (nSPS) is 12.3. The molecule has 20 heavy (non-hydrogen) atoms. The minimum Gasteiger partial charge on any atom is -0.439 e. The summed E-state index contributed by atoms with van der Waals surface area (Å²) in [5.74, 6) is 1.18. The number of hydrogen-bond acceptors (Lipinski definition) is 4. The van der Waals surface area contributed by atoms with Crippen molar-refractivity contribution < 1.29 is 9.84 Å². The maximum Gasteiger partial charge on any atom is 0.219 e. The molecule has 4 nitrogen and oxygen atoms in total. The zero-order valence-electron chi connectivity index (χ0n) is 11.0. The van der Waals surface area contributed by atoms with Gasteiger partial charge in [0, 0.05) is 29.9 Å². The lowest BCUT2D eigenvalue weighted by atomic mass is 10.2. The van der Waals surface area contributed by atoms with E-state index in [0.29, 0.717) is 11.6 Å². The van der Waals surface area contributed by atoms with Crippen LogP contribution in [0, 0.1) is 0 Å². The van der Waals surface area contributed by atoms with Gasteiger partial charge in [0.1, 0.15) is 5.75 Å². The molecule has 0 radical (unpaired) electrons. The number of aromatic nitrogens is 2. The number of aliphatic hydroxyl groups excluding tert-OH is 1. The van der Waals surface area contributed by atoms with Crippen LogP contribution in [-0.2, 0) is 0 Å². The highest BCUT2D eigenvalue weighted by Crippen LogP contribution is 2.24. The molecule has 2 heterocycles. The molecule has 4 heteroatoms. The third-order valence-electron chi connectivity index (χ3n) is 3.04. The van der Waals surface area contributed by atoms with E-state index in [0.717, 1.165) is 16.5 Å². The minimum absolute atomic E-state index is 0.490. The van der Waals surface area contributed by atoms with E-state index in [-0.39, 0.29) is 0 Å². The van der Waals surface area contributed by atoms with E-state index in [9.17, 15) is 5.11 Å². The van der Waals surface area contributed by atoms with Crippen molar-refractivity contribution in [2.75, 3.05) is 0 Å². The molecule has 0 aliphatic heterocycles. The molecular weight excluding hydrogens is 252 g/mol. The van der Waals surface area contributed by atoms with Crippen molar-refractivity contribution in [3.63, 3.8) is 0 Å². The molecule has 2 aromatic heterocycles. The number of aliphatic hydroxyl groups is 1. The van der Waals surface area contributed by atoms with Crippen LogP contribution < -0.4 is 4.74 Å². The third-order valence-corrected chi connectivity index (χ3v) is 3.04. The van der Waals surface area contributed by atoms with Crippen molar-refractivity contribution in [2.24, 2.45) is 0 Å². The highest BCUT2D eigenvalue weighted by molar-refractivity contribution is 5.79. The first-order valence-corrected chi connectivity index (χ1v) is 6.39. The van der Waals surface area contributed by atoms with Crippen LogP contribution in [0.15, 0.2) is 54.9 Å². The first-order chi connectivity index (χ1) is 9.72. The largest absolute Gasteiger partial charge is 0.439 e. The Bertz CT molecular complexity index is 724. The quantitative estimate of drug-likeness (QED) is 0.788. The van der Waals surface area contributed by atoms with Gasteiger partial charge >= 0.3 is 0 Å². The molecule has 3 aromatic rings. The average Bonchev–Trinajstić information content (AvgIpc) is 2.48. The fourth-order valence-electron chi connectivity index (χ4n) is 1.93. The summed E-state index contributed by atoms with van der Waals surface area (Å²) in [4.78, 5) is 8.46. The fourth-order valence-corrected chi connectivity index (χ4v) is 1.93. The zero-order chi connectivity index (χ0) is 13.9. The third kappa shape index (κ3) is 2.60. The molecule has 0 aliphatic carbocycles. The predicted molar refractivity (Wildman–Crippen MR) is 76.7 cm³/mol. The molecular formula is C16H14N2O2. The number of nitrogens with zero attached hydrogens (tertiary/aromatic N) is 2. The number of ether oxygens (including phenoxy) is 1. The van der Waals surface area contributed by atoms with Crippen LogP contribution >= 0.6 is 0 Å². The van der Waals surface area contributed by atoms with Crippen molar-refractivity contribution in [2.45, 2.75) is 13.0 Å². The van der Waals surface area contributed by atoms with E-state index in [1.165, 1.54) is 0 Å². The number of hydrogen-bond donors (Lipinski definition) is 1. The summed E-state index contributed by atoms with van der Waals surface area (Å²) >= 11 is 0. The maximum atomic E-state index is 9.43. The molecule has 1 atom stereocenters. The van der Waals surface area contributed by atoms with Crippen molar-refractivity contribution >= 4 is 10.9 Å². The Morgan fingerprint density at radius 2 is 2.00 bits per heavy atom. The second-order valence-electron chi connectivity index (χ2n) is 4.57. The van der Waals surface area contributed by atoms with Gasteiger partial charge in [-0.25, -0.2) is 4.98 Å². The van der Waals surface area contributed by atoms with Gasteiger partial charge in [-0.15, -0.1) is 0 Å². The molecule has 0 fully saturated rings. The molecule has 3 rings (SSSR count). The Balaban J connectivity index is 1.85. The molecule has 0 saturated carbocycles. The van der Waals surface area contributed by atoms with Crippen LogP contribution in [0.5, 0.6) is 11.6 Å². The Labute approximate surface area is 116 Å². The van der Waals surface area contributed by atoms with Crippen molar-refractivity contribution in [3.05, 3.63) is 60.4 Å². The second kappa shape index (κ2) is 5.27. The van der Waals surface area contributed by atoms with Crippen LogP contribution in [0.25, 0.3) is 10.9 Å². The summed E-state index contributed by atoms with van der Waals surface area (Å²) in [5.41, 5.74) is 1.64. The van der Waals surface area contributed by atoms with E-state index in [2.05, 4.69) is 9.97 Å². The lowest BCUT2D eigenvalue weighted by Crippen LogP contribution is -1.93. The number of pyridine rings is 2. The summed E-state index contributed by atoms with van der Waals surface area (Å²) < 4.78 is 5.69. The highest BCUT2D eigenvalue weighted by atomic mass is 16.5. The van der Waals surface area contributed by atoms with Crippen LogP contribution in [0.2, 0.25) is 0 Å². The van der Waals surface area contributed by atoms with Gasteiger partial charge < -0.3 is 9.84 Å². The van der Waals surface area contributed by atoms with Crippen LogP contribution in [0.3, 0.4) is 0 Å². The summed E-state index contributed by atoms with van der Waals surface area (Å²) in [5, 5.41) is 10.5. The molecule has 0 amide bonds. The molecule has 0 unspecified atom stereocenters. The minimum atomic E-state index is -0.526. The fraction of sp³-hybridized carbons (Fsp3) is 0.125. The van der Waals surface area contributed by atoms with E-state index >= 15 is 0 Å². The van der Waals surface area contributed by atoms with Gasteiger partial charge in [0.15, 0.2) is 0 Å². The van der Waals surface area contributed by atoms with Crippen LogP contribution in [0.4, 0.5) is 0 Å². The standard InChI is InChI=1S/C16H14N2O2/c1-11(19)13-5-7-16(18-10-13)20-14-6-4-12-3-2-8-17-15(12)9-14/h2-11,19H,1H3/t11-/m0/s1. The number of benzene rings is 1. The molecule has 1 aromatic carbocycles. The van der Waals surface area contributed by atoms with Crippen LogP contribution in [-0.4, -0.2) is 15.1 Å². The van der Waals surface area contributed by atoms with Gasteiger partial charge in [-0.1, -0.05) is 6.07 Å². The summed E-state index contributed by atoms with van der Waals surface area (Å²) in [6.45, 7) is 1.70. The zero-order valence-corrected chi connectivity index (χ0v) is 11.0. The summed E-state index contributed by atoms with van der Waals surface area (Å²) in [6.07, 6.45) is 2.84. The maximum absolute atomic E-state index is 9.43. The second-order valence-corrected chi connectivity index (χ2v) is 4.57. The van der Waals surface area contributed by atoms with Gasteiger partial charge in [0.2, 0.25) is 5.88 Å². The Morgan fingerprint density at radius 1 is 1.10 bits per heavy atom. The van der Waals surface area contributed by atoms with Gasteiger partial charge in [0.25, 0.3) is 0 Å². The van der Waals surface area contributed by atoms with E-state index in [1.807, 2.05) is 30.3 Å². The lowest BCUT2D eigenvalue weighted by Gasteiger charge is -2.07. The Hall–Kier alpha value is -2.46. The van der Waals surface area contributed by atoms with Crippen molar-refractivity contribution in [1.82, 2.24) is 9.97 Å². The van der Waals surface area contributed by atoms with E-state index < -0.39 is 6.10 Å². The van der Waals surface area contributed by atoms with Gasteiger partial charge in [-0.3, -0.25) is 4.98 Å².